The topological polar surface area (TPSA) is 102 Å². The van der Waals surface area contributed by atoms with E-state index in [2.05, 4.69) is 15.3 Å². The summed E-state index contributed by atoms with van der Waals surface area (Å²) in [6, 6.07) is 12.5. The number of benzene rings is 1. The van der Waals surface area contributed by atoms with Crippen LogP contribution in [-0.2, 0) is 10.9 Å². The molecule has 250 valence electrons. The number of aliphatic hydroxyl groups is 1. The third kappa shape index (κ3) is 8.81. The number of carbonyl (C=O) groups excluding carboxylic acids is 1. The molecule has 2 aliphatic rings. The fourth-order valence-corrected chi connectivity index (χ4v) is 6.03. The monoisotopic (exact) mass is 695 g/mol. The first-order valence-electron chi connectivity index (χ1n) is 14.2. The van der Waals surface area contributed by atoms with Crippen molar-refractivity contribution in [2.24, 2.45) is 0 Å². The van der Waals surface area contributed by atoms with E-state index in [0.29, 0.717) is 43.9 Å². The average Bonchev–Trinajstić information content (AvgIpc) is 3.42. The number of ether oxygens (including phenoxy) is 2. The van der Waals surface area contributed by atoms with Gasteiger partial charge in [-0.15, -0.1) is 37.2 Å². The summed E-state index contributed by atoms with van der Waals surface area (Å²) in [5.41, 5.74) is -0.364. The third-order valence-corrected chi connectivity index (χ3v) is 8.06. The van der Waals surface area contributed by atoms with E-state index in [1.807, 2.05) is 34.9 Å². The van der Waals surface area contributed by atoms with Gasteiger partial charge >= 0.3 is 6.18 Å². The van der Waals surface area contributed by atoms with E-state index in [0.717, 1.165) is 30.9 Å². The van der Waals surface area contributed by atoms with Gasteiger partial charge in [0.1, 0.15) is 11.3 Å². The number of aromatic nitrogens is 3. The molecule has 3 aromatic rings. The Morgan fingerprint density at radius 2 is 1.87 bits per heavy atom. The van der Waals surface area contributed by atoms with Gasteiger partial charge in [-0.3, -0.25) is 4.79 Å². The molecule has 1 aliphatic carbocycles. The van der Waals surface area contributed by atoms with Crippen molar-refractivity contribution in [2.45, 2.75) is 56.0 Å². The second-order valence-electron chi connectivity index (χ2n) is 10.9. The number of nitrogens with one attached hydrogen (secondary N) is 1. The number of carbonyl (C=O) groups is 1. The van der Waals surface area contributed by atoms with E-state index in [1.54, 1.807) is 18.3 Å². The summed E-state index contributed by atoms with van der Waals surface area (Å²) < 4.78 is 52.0. The van der Waals surface area contributed by atoms with Crippen LogP contribution in [0, 0.1) is 0 Å². The van der Waals surface area contributed by atoms with Gasteiger partial charge in [0.15, 0.2) is 5.69 Å². The van der Waals surface area contributed by atoms with E-state index in [4.69, 9.17) is 9.47 Å². The van der Waals surface area contributed by atoms with Crippen LogP contribution in [0.1, 0.15) is 54.3 Å². The summed E-state index contributed by atoms with van der Waals surface area (Å²) in [5.74, 6) is -0.366. The summed E-state index contributed by atoms with van der Waals surface area (Å²) in [6.45, 7) is 1.78. The zero-order valence-corrected chi connectivity index (χ0v) is 27.2. The maximum Gasteiger partial charge on any atom is 0.433 e. The van der Waals surface area contributed by atoms with Gasteiger partial charge in [-0.1, -0.05) is 49.2 Å². The fraction of sp³-hybridized carbons (Fsp3) is 0.500. The van der Waals surface area contributed by atoms with Crippen LogP contribution in [0.3, 0.4) is 0 Å². The van der Waals surface area contributed by atoms with Crippen molar-refractivity contribution >= 4 is 43.1 Å². The highest BCUT2D eigenvalue weighted by molar-refractivity contribution is 5.98. The van der Waals surface area contributed by atoms with E-state index < -0.39 is 17.5 Å². The van der Waals surface area contributed by atoms with Crippen molar-refractivity contribution in [3.8, 4) is 17.1 Å². The number of piperazine rings is 1. The summed E-state index contributed by atoms with van der Waals surface area (Å²) >= 11 is 0. The van der Waals surface area contributed by atoms with Crippen molar-refractivity contribution in [3.63, 3.8) is 0 Å². The lowest BCUT2D eigenvalue weighted by molar-refractivity contribution is -0.141. The van der Waals surface area contributed by atoms with Crippen LogP contribution in [0.25, 0.3) is 11.3 Å². The predicted molar refractivity (Wildman–Crippen MR) is 171 cm³/mol. The Morgan fingerprint density at radius 3 is 2.58 bits per heavy atom. The van der Waals surface area contributed by atoms with Crippen molar-refractivity contribution in [3.05, 3.63) is 66.2 Å². The predicted octanol–water partition coefficient (Wildman–Crippen LogP) is 5.61. The Morgan fingerprint density at radius 1 is 1.11 bits per heavy atom. The Labute approximate surface area is 279 Å². The number of hydrogen-bond acceptors (Lipinski definition) is 7. The lowest BCUT2D eigenvalue weighted by Gasteiger charge is -2.41. The smallest absolute Gasteiger partial charge is 0.433 e. The molecule has 1 saturated carbocycles. The molecular formula is C30H39Cl3F3N5O4. The highest BCUT2D eigenvalue weighted by Crippen LogP contribution is 2.41. The Kier molecular flexibility index (Phi) is 14.4. The zero-order valence-electron chi connectivity index (χ0n) is 24.7. The molecule has 1 saturated heterocycles. The lowest BCUT2D eigenvalue weighted by Crippen LogP contribution is -2.54. The first-order valence-corrected chi connectivity index (χ1v) is 14.2. The number of rotatable bonds is 9. The molecule has 0 bridgehead atoms. The SMILES string of the molecule is COC[C@]1(O)CCCC[C@H]1n1cnc(C(=O)N2CCNC[C@H]2CCOc2cccc(C(F)(F)F)n2)c1-c1ccccc1.Cl.Cl.Cl. The molecule has 2 aromatic heterocycles. The molecule has 2 N–H and O–H groups in total. The second kappa shape index (κ2) is 16.8. The van der Waals surface area contributed by atoms with Gasteiger partial charge in [0.05, 0.1) is 31.3 Å². The summed E-state index contributed by atoms with van der Waals surface area (Å²) in [4.78, 5) is 24.1. The van der Waals surface area contributed by atoms with Crippen molar-refractivity contribution in [1.82, 2.24) is 24.8 Å². The van der Waals surface area contributed by atoms with Gasteiger partial charge in [0.2, 0.25) is 5.88 Å². The number of nitrogens with zero attached hydrogens (tertiary/aromatic N) is 4. The molecule has 3 heterocycles. The quantitative estimate of drug-likeness (QED) is 0.300. The standard InChI is InChI=1S/C30H36F3N5O4.3ClH/c1-41-19-29(40)14-6-5-11-24(29)38-20-35-26(27(38)21-8-3-2-4-9-21)28(39)37-16-15-34-18-22(37)13-17-42-25-12-7-10-23(36-25)30(31,32)33;;;/h2-4,7-10,12,20,22,24,34,40H,5-6,11,13-19H2,1H3;3*1H/t22-,24-,29-;;;/m1.../s1. The lowest BCUT2D eigenvalue weighted by atomic mass is 9.80. The minimum Gasteiger partial charge on any atom is -0.478 e. The Balaban J connectivity index is 0.00000235. The number of methoxy groups -OCH3 is 1. The second-order valence-corrected chi connectivity index (χ2v) is 10.9. The molecule has 2 fully saturated rings. The van der Waals surface area contributed by atoms with Crippen LogP contribution in [0.5, 0.6) is 5.88 Å². The minimum absolute atomic E-state index is 0. The van der Waals surface area contributed by atoms with E-state index >= 15 is 0 Å². The number of amides is 1. The Bertz CT molecular complexity index is 1360. The molecule has 9 nitrogen and oxygen atoms in total. The van der Waals surface area contributed by atoms with Gasteiger partial charge in [0.25, 0.3) is 5.91 Å². The molecule has 15 heteroatoms. The molecule has 1 aromatic carbocycles. The maximum absolute atomic E-state index is 14.1. The van der Waals surface area contributed by atoms with Crippen LogP contribution in [0.15, 0.2) is 54.9 Å². The van der Waals surface area contributed by atoms with E-state index in [9.17, 15) is 23.1 Å². The number of hydrogen-bond donors (Lipinski definition) is 2. The maximum atomic E-state index is 14.1. The largest absolute Gasteiger partial charge is 0.478 e. The number of imidazole rings is 1. The molecule has 1 aliphatic heterocycles. The van der Waals surface area contributed by atoms with Gasteiger partial charge < -0.3 is 29.4 Å². The molecular weight excluding hydrogens is 658 g/mol. The Hall–Kier alpha value is -2.61. The highest BCUT2D eigenvalue weighted by Gasteiger charge is 2.42. The van der Waals surface area contributed by atoms with Crippen molar-refractivity contribution < 1.29 is 32.5 Å². The fourth-order valence-electron chi connectivity index (χ4n) is 6.03. The molecule has 0 unspecified atom stereocenters. The molecule has 45 heavy (non-hydrogen) atoms. The van der Waals surface area contributed by atoms with Crippen LogP contribution in [0.4, 0.5) is 13.2 Å². The van der Waals surface area contributed by atoms with E-state index in [-0.39, 0.29) is 74.3 Å². The molecule has 0 radical (unpaired) electrons. The molecule has 3 atom stereocenters. The van der Waals surface area contributed by atoms with Crippen LogP contribution in [0.2, 0.25) is 0 Å². The number of halogens is 6. The highest BCUT2D eigenvalue weighted by atomic mass is 35.5. The average molecular weight is 697 g/mol. The van der Waals surface area contributed by atoms with Crippen molar-refractivity contribution in [2.75, 3.05) is 40.0 Å². The van der Waals surface area contributed by atoms with Crippen molar-refractivity contribution in [1.29, 1.82) is 0 Å². The molecule has 5 rings (SSSR count). The first-order chi connectivity index (χ1) is 20.2. The summed E-state index contributed by atoms with van der Waals surface area (Å²) in [7, 11) is 1.57. The minimum atomic E-state index is -4.56. The third-order valence-electron chi connectivity index (χ3n) is 8.06. The number of pyridine rings is 1. The van der Waals surface area contributed by atoms with E-state index in [1.165, 1.54) is 12.1 Å². The van der Waals surface area contributed by atoms with Crippen LogP contribution in [-0.4, -0.2) is 82.0 Å². The summed E-state index contributed by atoms with van der Waals surface area (Å²) in [6.07, 6.45) is 0.598. The van der Waals surface area contributed by atoms with Gasteiger partial charge in [-0.2, -0.15) is 13.2 Å². The first kappa shape index (κ1) is 38.6. The molecule has 1 amide bonds. The normalized spacial score (nSPS) is 21.6. The van der Waals surface area contributed by atoms with Crippen LogP contribution >= 0.6 is 37.2 Å². The van der Waals surface area contributed by atoms with Gasteiger partial charge in [-0.25, -0.2) is 9.97 Å². The number of alkyl halides is 3. The van der Waals surface area contributed by atoms with Gasteiger partial charge in [0, 0.05) is 50.8 Å². The molecule has 0 spiro atoms. The summed E-state index contributed by atoms with van der Waals surface area (Å²) in [5, 5.41) is 14.9. The van der Waals surface area contributed by atoms with Gasteiger partial charge in [-0.05, 0) is 18.9 Å². The van der Waals surface area contributed by atoms with Crippen LogP contribution < -0.4 is 10.1 Å². The zero-order chi connectivity index (χ0) is 29.7.